The van der Waals surface area contributed by atoms with Crippen molar-refractivity contribution in [2.75, 3.05) is 26.2 Å². The Morgan fingerprint density at radius 2 is 2.04 bits per heavy atom. The second kappa shape index (κ2) is 6.91. The molecule has 1 saturated heterocycles. The molecule has 1 aliphatic heterocycles. The van der Waals surface area contributed by atoms with Gasteiger partial charge in [0.1, 0.15) is 6.54 Å². The number of H-pyrrole nitrogens is 1. The first kappa shape index (κ1) is 15.7. The third-order valence-electron chi connectivity index (χ3n) is 4.44. The van der Waals surface area contributed by atoms with E-state index in [0.717, 1.165) is 37.4 Å². The normalized spacial score (nSPS) is 16.0. The molecule has 3 rings (SSSR count). The van der Waals surface area contributed by atoms with Crippen LogP contribution in [0.5, 0.6) is 0 Å². The quantitative estimate of drug-likeness (QED) is 0.813. The maximum absolute atomic E-state index is 12.3. The molecule has 2 heterocycles. The van der Waals surface area contributed by atoms with E-state index in [1.54, 1.807) is 6.07 Å². The number of hydrogen-bond acceptors (Lipinski definition) is 3. The van der Waals surface area contributed by atoms with E-state index in [9.17, 15) is 9.59 Å². The van der Waals surface area contributed by atoms with Crippen LogP contribution < -0.4 is 10.5 Å². The van der Waals surface area contributed by atoms with Gasteiger partial charge in [0.05, 0.1) is 17.4 Å². The molecule has 122 valence electrons. The molecule has 1 aliphatic rings. The summed E-state index contributed by atoms with van der Waals surface area (Å²) in [5.41, 5.74) is 0.583. The van der Waals surface area contributed by atoms with Gasteiger partial charge in [-0.1, -0.05) is 12.1 Å². The third-order valence-corrected chi connectivity index (χ3v) is 4.44. The van der Waals surface area contributed by atoms with Crippen LogP contribution >= 0.6 is 0 Å². The van der Waals surface area contributed by atoms with E-state index >= 15 is 0 Å². The Bertz CT molecular complexity index is 750. The lowest BCUT2D eigenvalue weighted by molar-refractivity contribution is -0.905. The van der Waals surface area contributed by atoms with E-state index in [2.05, 4.69) is 9.97 Å². The molecule has 0 bridgehead atoms. The molecule has 23 heavy (non-hydrogen) atoms. The number of nitrogens with zero attached hydrogens (tertiary/aromatic N) is 2. The molecule has 1 aromatic carbocycles. The lowest BCUT2D eigenvalue weighted by Gasteiger charge is -2.20. The summed E-state index contributed by atoms with van der Waals surface area (Å²) in [6, 6.07) is 7.32. The zero-order valence-electron chi connectivity index (χ0n) is 13.5. The number of fused-ring (bicyclic) bond motifs is 1. The highest BCUT2D eigenvalue weighted by Gasteiger charge is 2.22. The molecule has 1 unspecified atom stereocenters. The number of quaternary nitrogens is 1. The van der Waals surface area contributed by atoms with Crippen molar-refractivity contribution in [3.05, 3.63) is 40.4 Å². The van der Waals surface area contributed by atoms with E-state index in [1.807, 2.05) is 30.0 Å². The topological polar surface area (TPSA) is 70.5 Å². The minimum atomic E-state index is -0.119. The molecule has 1 amide bonds. The van der Waals surface area contributed by atoms with Gasteiger partial charge in [-0.05, 0) is 31.9 Å². The molecule has 2 N–H and O–H groups in total. The third kappa shape index (κ3) is 3.59. The SMILES string of the molecule is CC[NH+](CC(=O)N1CCCC1)Cc1nc2ccccc2c(=O)[nH]1. The smallest absolute Gasteiger partial charge is 0.277 e. The maximum Gasteiger partial charge on any atom is 0.277 e. The van der Waals surface area contributed by atoms with Crippen molar-refractivity contribution in [1.82, 2.24) is 14.9 Å². The Kier molecular flexibility index (Phi) is 4.71. The first-order chi connectivity index (χ1) is 11.2. The van der Waals surface area contributed by atoms with Gasteiger partial charge < -0.3 is 14.8 Å². The summed E-state index contributed by atoms with van der Waals surface area (Å²) in [4.78, 5) is 34.8. The Hall–Kier alpha value is -2.21. The highest BCUT2D eigenvalue weighted by Crippen LogP contribution is 2.07. The monoisotopic (exact) mass is 315 g/mol. The second-order valence-electron chi connectivity index (χ2n) is 6.07. The molecular formula is C17H23N4O2+. The summed E-state index contributed by atoms with van der Waals surface area (Å²) >= 11 is 0. The number of aromatic nitrogens is 2. The summed E-state index contributed by atoms with van der Waals surface area (Å²) in [7, 11) is 0. The van der Waals surface area contributed by atoms with Crippen LogP contribution in [-0.4, -0.2) is 47.0 Å². The van der Waals surface area contributed by atoms with Gasteiger partial charge in [0, 0.05) is 13.1 Å². The van der Waals surface area contributed by atoms with Gasteiger partial charge in [-0.25, -0.2) is 4.98 Å². The number of amides is 1. The molecule has 0 saturated carbocycles. The van der Waals surface area contributed by atoms with Crippen molar-refractivity contribution in [2.24, 2.45) is 0 Å². The largest absolute Gasteiger partial charge is 0.338 e. The standard InChI is InChI=1S/C17H22N4O2/c1-2-20(12-16(22)21-9-5-6-10-21)11-15-18-14-8-4-3-7-13(14)17(23)19-15/h3-4,7-8H,2,5-6,9-12H2,1H3,(H,18,19,23)/p+1. The van der Waals surface area contributed by atoms with Crippen LogP contribution in [0.4, 0.5) is 0 Å². The molecule has 6 nitrogen and oxygen atoms in total. The molecule has 1 aromatic heterocycles. The number of likely N-dealkylation sites (N-methyl/N-ethyl adjacent to an activating group) is 1. The van der Waals surface area contributed by atoms with Crippen LogP contribution in [0.3, 0.4) is 0 Å². The number of para-hydroxylation sites is 1. The Labute approximate surface area is 135 Å². The number of rotatable bonds is 5. The molecule has 1 fully saturated rings. The summed E-state index contributed by atoms with van der Waals surface area (Å²) in [5, 5.41) is 0.599. The van der Waals surface area contributed by atoms with Crippen LogP contribution in [0, 0.1) is 0 Å². The molecule has 0 spiro atoms. The van der Waals surface area contributed by atoms with Crippen LogP contribution in [0.15, 0.2) is 29.1 Å². The molecule has 1 atom stereocenters. The summed E-state index contributed by atoms with van der Waals surface area (Å²) in [6.07, 6.45) is 2.21. The Morgan fingerprint density at radius 3 is 2.78 bits per heavy atom. The van der Waals surface area contributed by atoms with E-state index in [0.29, 0.717) is 29.8 Å². The van der Waals surface area contributed by atoms with Crippen LogP contribution in [0.1, 0.15) is 25.6 Å². The molecule has 0 radical (unpaired) electrons. The number of hydrogen-bond donors (Lipinski definition) is 2. The predicted octanol–water partition coefficient (Wildman–Crippen LogP) is -0.0497. The van der Waals surface area contributed by atoms with Gasteiger partial charge in [-0.15, -0.1) is 0 Å². The lowest BCUT2D eigenvalue weighted by Crippen LogP contribution is -3.11. The van der Waals surface area contributed by atoms with Gasteiger partial charge in [0.25, 0.3) is 11.5 Å². The zero-order valence-corrected chi connectivity index (χ0v) is 13.5. The van der Waals surface area contributed by atoms with Gasteiger partial charge >= 0.3 is 0 Å². The predicted molar refractivity (Wildman–Crippen MR) is 88.3 cm³/mol. The average Bonchev–Trinajstić information content (AvgIpc) is 3.09. The Balaban J connectivity index is 1.73. The highest BCUT2D eigenvalue weighted by atomic mass is 16.2. The van der Waals surface area contributed by atoms with Crippen molar-refractivity contribution in [2.45, 2.75) is 26.3 Å². The van der Waals surface area contributed by atoms with E-state index in [-0.39, 0.29) is 11.5 Å². The number of benzene rings is 1. The van der Waals surface area contributed by atoms with Crippen LogP contribution in [-0.2, 0) is 11.3 Å². The number of carbonyl (C=O) groups is 1. The number of carbonyl (C=O) groups excluding carboxylic acids is 1. The van der Waals surface area contributed by atoms with Crippen molar-refractivity contribution in [3.8, 4) is 0 Å². The first-order valence-corrected chi connectivity index (χ1v) is 8.26. The highest BCUT2D eigenvalue weighted by molar-refractivity contribution is 5.77. The number of aromatic amines is 1. The summed E-state index contributed by atoms with van der Waals surface area (Å²) in [6.45, 7) is 5.62. The van der Waals surface area contributed by atoms with E-state index in [1.165, 1.54) is 0 Å². The van der Waals surface area contributed by atoms with Gasteiger partial charge in [-0.2, -0.15) is 0 Å². The average molecular weight is 315 g/mol. The lowest BCUT2D eigenvalue weighted by atomic mass is 10.2. The fourth-order valence-electron chi connectivity index (χ4n) is 3.06. The number of likely N-dealkylation sites (tertiary alicyclic amines) is 1. The van der Waals surface area contributed by atoms with E-state index in [4.69, 9.17) is 0 Å². The fourth-order valence-corrected chi connectivity index (χ4v) is 3.06. The minimum absolute atomic E-state index is 0.119. The molecule has 2 aromatic rings. The summed E-state index contributed by atoms with van der Waals surface area (Å²) in [5.74, 6) is 0.835. The summed E-state index contributed by atoms with van der Waals surface area (Å²) < 4.78 is 0. The maximum atomic E-state index is 12.3. The first-order valence-electron chi connectivity index (χ1n) is 8.26. The van der Waals surface area contributed by atoms with Gasteiger partial charge in [-0.3, -0.25) is 9.59 Å². The van der Waals surface area contributed by atoms with E-state index < -0.39 is 0 Å². The second-order valence-corrected chi connectivity index (χ2v) is 6.07. The van der Waals surface area contributed by atoms with Crippen LogP contribution in [0.2, 0.25) is 0 Å². The van der Waals surface area contributed by atoms with Crippen molar-refractivity contribution < 1.29 is 9.69 Å². The van der Waals surface area contributed by atoms with Crippen molar-refractivity contribution in [1.29, 1.82) is 0 Å². The fraction of sp³-hybridized carbons (Fsp3) is 0.471. The van der Waals surface area contributed by atoms with Gasteiger partial charge in [0.2, 0.25) is 0 Å². The number of nitrogens with one attached hydrogen (secondary N) is 2. The van der Waals surface area contributed by atoms with Crippen molar-refractivity contribution >= 4 is 16.8 Å². The molecular weight excluding hydrogens is 292 g/mol. The zero-order chi connectivity index (χ0) is 16.2. The molecule has 0 aliphatic carbocycles. The van der Waals surface area contributed by atoms with Crippen LogP contribution in [0.25, 0.3) is 10.9 Å². The minimum Gasteiger partial charge on any atom is -0.338 e. The van der Waals surface area contributed by atoms with Gasteiger partial charge in [0.15, 0.2) is 12.4 Å². The molecule has 6 heteroatoms. The van der Waals surface area contributed by atoms with Crippen molar-refractivity contribution in [3.63, 3.8) is 0 Å². The Morgan fingerprint density at radius 1 is 1.30 bits per heavy atom.